The van der Waals surface area contributed by atoms with Crippen molar-refractivity contribution in [3.8, 4) is 5.75 Å². The molecule has 8 heteroatoms. The molecule has 3 rings (SSSR count). The molecule has 0 saturated carbocycles. The SMILES string of the molecule is COc1cccc(NC(=O)c2cccc(NS(=O)(=O)c3ccc(C)c(F)c3)c2)c1. The average Bonchev–Trinajstić information content (AvgIpc) is 2.70. The molecule has 0 aliphatic rings. The maximum atomic E-state index is 13.7. The van der Waals surface area contributed by atoms with E-state index in [9.17, 15) is 17.6 Å². The quantitative estimate of drug-likeness (QED) is 0.633. The highest BCUT2D eigenvalue weighted by Crippen LogP contribution is 2.21. The predicted octanol–water partition coefficient (Wildman–Crippen LogP) is 4.20. The van der Waals surface area contributed by atoms with Gasteiger partial charge in [0.2, 0.25) is 0 Å². The molecule has 0 fully saturated rings. The lowest BCUT2D eigenvalue weighted by atomic mass is 10.2. The molecular weight excluding hydrogens is 395 g/mol. The van der Waals surface area contributed by atoms with Crippen LogP contribution in [0.2, 0.25) is 0 Å². The van der Waals surface area contributed by atoms with Crippen molar-refractivity contribution in [3.63, 3.8) is 0 Å². The van der Waals surface area contributed by atoms with Crippen LogP contribution in [-0.2, 0) is 10.0 Å². The van der Waals surface area contributed by atoms with Crippen LogP contribution in [0.25, 0.3) is 0 Å². The summed E-state index contributed by atoms with van der Waals surface area (Å²) in [7, 11) is -2.48. The average molecular weight is 414 g/mol. The third-order valence-electron chi connectivity index (χ3n) is 4.16. The Hall–Kier alpha value is -3.39. The summed E-state index contributed by atoms with van der Waals surface area (Å²) in [4.78, 5) is 12.3. The summed E-state index contributed by atoms with van der Waals surface area (Å²) in [6.07, 6.45) is 0. The number of nitrogens with one attached hydrogen (secondary N) is 2. The molecule has 29 heavy (non-hydrogen) atoms. The highest BCUT2D eigenvalue weighted by atomic mass is 32.2. The van der Waals surface area contributed by atoms with Gasteiger partial charge in [-0.25, -0.2) is 12.8 Å². The molecule has 6 nitrogen and oxygen atoms in total. The van der Waals surface area contributed by atoms with Gasteiger partial charge in [-0.15, -0.1) is 0 Å². The fraction of sp³-hybridized carbons (Fsp3) is 0.0952. The van der Waals surface area contributed by atoms with E-state index in [0.717, 1.165) is 6.07 Å². The number of hydrogen-bond acceptors (Lipinski definition) is 4. The molecule has 0 heterocycles. The number of carbonyl (C=O) groups excluding carboxylic acids is 1. The Labute approximate surface area is 168 Å². The summed E-state index contributed by atoms with van der Waals surface area (Å²) < 4.78 is 46.2. The maximum absolute atomic E-state index is 13.7. The second kappa shape index (κ2) is 8.32. The molecule has 1 amide bonds. The van der Waals surface area contributed by atoms with E-state index >= 15 is 0 Å². The second-order valence-corrected chi connectivity index (χ2v) is 7.97. The summed E-state index contributed by atoms with van der Waals surface area (Å²) in [5.41, 5.74) is 1.32. The molecular formula is C21H19FN2O4S. The fourth-order valence-corrected chi connectivity index (χ4v) is 3.64. The zero-order valence-corrected chi connectivity index (χ0v) is 16.6. The molecule has 0 aromatic heterocycles. The lowest BCUT2D eigenvalue weighted by Crippen LogP contribution is -2.15. The van der Waals surface area contributed by atoms with Gasteiger partial charge in [0.05, 0.1) is 12.0 Å². The van der Waals surface area contributed by atoms with Crippen LogP contribution in [0.3, 0.4) is 0 Å². The van der Waals surface area contributed by atoms with Crippen LogP contribution in [-0.4, -0.2) is 21.4 Å². The number of aryl methyl sites for hydroxylation is 1. The Morgan fingerprint density at radius 3 is 2.41 bits per heavy atom. The van der Waals surface area contributed by atoms with Crippen LogP contribution in [0, 0.1) is 12.7 Å². The minimum absolute atomic E-state index is 0.185. The van der Waals surface area contributed by atoms with Gasteiger partial charge >= 0.3 is 0 Å². The van der Waals surface area contributed by atoms with Crippen molar-refractivity contribution in [2.24, 2.45) is 0 Å². The highest BCUT2D eigenvalue weighted by Gasteiger charge is 2.17. The van der Waals surface area contributed by atoms with Crippen LogP contribution in [0.5, 0.6) is 5.75 Å². The standard InChI is InChI=1S/C21H19FN2O4S/c1-14-9-10-19(13-20(14)22)29(26,27)24-17-7-3-5-15(11-17)21(25)23-16-6-4-8-18(12-16)28-2/h3-13,24H,1-2H3,(H,23,25). The van der Waals surface area contributed by atoms with Crippen molar-refractivity contribution in [1.29, 1.82) is 0 Å². The Morgan fingerprint density at radius 2 is 1.69 bits per heavy atom. The summed E-state index contributed by atoms with van der Waals surface area (Å²) in [6.45, 7) is 1.55. The third-order valence-corrected chi connectivity index (χ3v) is 5.54. The Morgan fingerprint density at radius 1 is 0.966 bits per heavy atom. The zero-order valence-electron chi connectivity index (χ0n) is 15.8. The number of benzene rings is 3. The van der Waals surface area contributed by atoms with E-state index in [1.807, 2.05) is 0 Å². The number of sulfonamides is 1. The van der Waals surface area contributed by atoms with E-state index in [2.05, 4.69) is 10.0 Å². The molecule has 3 aromatic rings. The smallest absolute Gasteiger partial charge is 0.261 e. The first-order chi connectivity index (χ1) is 13.8. The van der Waals surface area contributed by atoms with E-state index in [4.69, 9.17) is 4.74 Å². The largest absolute Gasteiger partial charge is 0.497 e. The molecule has 0 spiro atoms. The number of halogens is 1. The van der Waals surface area contributed by atoms with Gasteiger partial charge in [-0.3, -0.25) is 9.52 Å². The van der Waals surface area contributed by atoms with E-state index in [0.29, 0.717) is 17.0 Å². The van der Waals surface area contributed by atoms with Gasteiger partial charge in [0, 0.05) is 23.0 Å². The van der Waals surface area contributed by atoms with Crippen LogP contribution in [0.1, 0.15) is 15.9 Å². The molecule has 3 aromatic carbocycles. The van der Waals surface area contributed by atoms with E-state index in [-0.39, 0.29) is 16.1 Å². The van der Waals surface area contributed by atoms with Gasteiger partial charge < -0.3 is 10.1 Å². The summed E-state index contributed by atoms with van der Waals surface area (Å²) in [5.74, 6) is -0.436. The van der Waals surface area contributed by atoms with Gasteiger partial charge in [-0.2, -0.15) is 0 Å². The second-order valence-electron chi connectivity index (χ2n) is 6.28. The Bertz CT molecular complexity index is 1160. The Balaban J connectivity index is 1.79. The number of amides is 1. The number of carbonyl (C=O) groups is 1. The third kappa shape index (κ3) is 4.91. The number of rotatable bonds is 6. The number of anilines is 2. The van der Waals surface area contributed by atoms with Crippen LogP contribution in [0.4, 0.5) is 15.8 Å². The number of ether oxygens (including phenoxy) is 1. The number of methoxy groups -OCH3 is 1. The first-order valence-corrected chi connectivity index (χ1v) is 10.1. The first-order valence-electron chi connectivity index (χ1n) is 8.63. The van der Waals surface area contributed by atoms with Crippen molar-refractivity contribution < 1.29 is 22.3 Å². The van der Waals surface area contributed by atoms with Crippen LogP contribution >= 0.6 is 0 Å². The monoisotopic (exact) mass is 414 g/mol. The van der Waals surface area contributed by atoms with Crippen molar-refractivity contribution >= 4 is 27.3 Å². The van der Waals surface area contributed by atoms with Gasteiger partial charge in [-0.1, -0.05) is 18.2 Å². The minimum Gasteiger partial charge on any atom is -0.497 e. The van der Waals surface area contributed by atoms with E-state index in [1.165, 1.54) is 31.4 Å². The van der Waals surface area contributed by atoms with Crippen LogP contribution < -0.4 is 14.8 Å². The summed E-state index contributed by atoms with van der Waals surface area (Å²) in [6, 6.07) is 16.5. The number of hydrogen-bond donors (Lipinski definition) is 2. The van der Waals surface area contributed by atoms with Gasteiger partial charge in [0.25, 0.3) is 15.9 Å². The normalized spacial score (nSPS) is 11.0. The molecule has 0 aliphatic heterocycles. The lowest BCUT2D eigenvalue weighted by molar-refractivity contribution is 0.102. The molecule has 0 bridgehead atoms. The predicted molar refractivity (Wildman–Crippen MR) is 109 cm³/mol. The molecule has 0 radical (unpaired) electrons. The Kier molecular flexibility index (Phi) is 5.84. The van der Waals surface area contributed by atoms with Crippen molar-refractivity contribution in [1.82, 2.24) is 0 Å². The lowest BCUT2D eigenvalue weighted by Gasteiger charge is -2.11. The molecule has 150 valence electrons. The van der Waals surface area contributed by atoms with E-state index in [1.54, 1.807) is 43.3 Å². The maximum Gasteiger partial charge on any atom is 0.261 e. The summed E-state index contributed by atoms with van der Waals surface area (Å²) in [5, 5.41) is 2.72. The summed E-state index contributed by atoms with van der Waals surface area (Å²) >= 11 is 0. The van der Waals surface area contributed by atoms with Crippen molar-refractivity contribution in [2.75, 3.05) is 17.1 Å². The molecule has 2 N–H and O–H groups in total. The van der Waals surface area contributed by atoms with Crippen molar-refractivity contribution in [3.05, 3.63) is 83.7 Å². The minimum atomic E-state index is -4.00. The van der Waals surface area contributed by atoms with Gasteiger partial charge in [0.1, 0.15) is 11.6 Å². The fourth-order valence-electron chi connectivity index (χ4n) is 2.58. The zero-order chi connectivity index (χ0) is 21.0. The van der Waals surface area contributed by atoms with Crippen LogP contribution in [0.15, 0.2) is 71.6 Å². The molecule has 0 saturated heterocycles. The molecule has 0 aliphatic carbocycles. The first kappa shape index (κ1) is 20.3. The van der Waals surface area contributed by atoms with Crippen molar-refractivity contribution in [2.45, 2.75) is 11.8 Å². The van der Waals surface area contributed by atoms with Gasteiger partial charge in [0.15, 0.2) is 0 Å². The van der Waals surface area contributed by atoms with Gasteiger partial charge in [-0.05, 0) is 55.0 Å². The molecule has 0 unspecified atom stereocenters. The highest BCUT2D eigenvalue weighted by molar-refractivity contribution is 7.92. The topological polar surface area (TPSA) is 84.5 Å². The molecule has 0 atom stereocenters. The van der Waals surface area contributed by atoms with E-state index < -0.39 is 21.7 Å².